The molecule has 2 aromatic carbocycles. The molecule has 0 fully saturated rings. The van der Waals surface area contributed by atoms with Crippen molar-refractivity contribution in [1.29, 1.82) is 0 Å². The van der Waals surface area contributed by atoms with Gasteiger partial charge >= 0.3 is 5.97 Å². The summed E-state index contributed by atoms with van der Waals surface area (Å²) in [5, 5.41) is 0. The Bertz CT molecular complexity index is 552. The summed E-state index contributed by atoms with van der Waals surface area (Å²) in [4.78, 5) is 11.6. The van der Waals surface area contributed by atoms with Gasteiger partial charge in [-0.3, -0.25) is 4.79 Å². The van der Waals surface area contributed by atoms with E-state index in [2.05, 4.69) is 0 Å². The minimum absolute atomic E-state index is 0.219. The molecule has 0 saturated heterocycles. The zero-order chi connectivity index (χ0) is 14.9. The van der Waals surface area contributed by atoms with Crippen LogP contribution in [0.25, 0.3) is 0 Å². The number of nitrogen functional groups attached to an aromatic ring is 1. The maximum Gasteiger partial charge on any atom is 0.306 e. The number of hydrogen-bond donors (Lipinski definition) is 1. The standard InChI is InChI=1S/C17H19NO3/c18-15-9-6-14(7-10-15)8-11-17(19)21-13-12-20-16-4-2-1-3-5-16/h1-7,9-10H,8,11-13,18H2. The highest BCUT2D eigenvalue weighted by atomic mass is 16.6. The van der Waals surface area contributed by atoms with Crippen LogP contribution in [-0.4, -0.2) is 19.2 Å². The van der Waals surface area contributed by atoms with Crippen LogP contribution in [0.1, 0.15) is 12.0 Å². The third-order valence-corrected chi connectivity index (χ3v) is 2.96. The normalized spacial score (nSPS) is 10.1. The predicted octanol–water partition coefficient (Wildman–Crippen LogP) is 2.82. The smallest absolute Gasteiger partial charge is 0.306 e. The number of para-hydroxylation sites is 1. The highest BCUT2D eigenvalue weighted by Crippen LogP contribution is 2.09. The van der Waals surface area contributed by atoms with Crippen LogP contribution in [0.5, 0.6) is 5.75 Å². The number of esters is 1. The largest absolute Gasteiger partial charge is 0.490 e. The molecule has 21 heavy (non-hydrogen) atoms. The number of nitrogens with two attached hydrogens (primary N) is 1. The maximum absolute atomic E-state index is 11.6. The van der Waals surface area contributed by atoms with Crippen molar-refractivity contribution in [2.45, 2.75) is 12.8 Å². The Morgan fingerprint density at radius 1 is 0.952 bits per heavy atom. The molecule has 0 aliphatic rings. The predicted molar refractivity (Wildman–Crippen MR) is 82.1 cm³/mol. The molecule has 0 saturated carbocycles. The first-order chi connectivity index (χ1) is 10.2. The van der Waals surface area contributed by atoms with Gasteiger partial charge in [-0.1, -0.05) is 30.3 Å². The highest BCUT2D eigenvalue weighted by molar-refractivity contribution is 5.69. The van der Waals surface area contributed by atoms with Crippen LogP contribution in [0.4, 0.5) is 5.69 Å². The number of carbonyl (C=O) groups is 1. The van der Waals surface area contributed by atoms with Gasteiger partial charge in [0.1, 0.15) is 19.0 Å². The van der Waals surface area contributed by atoms with Crippen LogP contribution >= 0.6 is 0 Å². The van der Waals surface area contributed by atoms with Crippen LogP contribution < -0.4 is 10.5 Å². The van der Waals surface area contributed by atoms with E-state index in [1.54, 1.807) is 0 Å². The first kappa shape index (κ1) is 14.9. The van der Waals surface area contributed by atoms with E-state index in [9.17, 15) is 4.79 Å². The lowest BCUT2D eigenvalue weighted by molar-refractivity contribution is -0.144. The van der Waals surface area contributed by atoms with E-state index >= 15 is 0 Å². The van der Waals surface area contributed by atoms with Gasteiger partial charge in [-0.25, -0.2) is 0 Å². The molecule has 4 heteroatoms. The number of benzene rings is 2. The molecule has 2 aromatic rings. The Kier molecular flexibility index (Phi) is 5.64. The number of rotatable bonds is 7. The molecule has 110 valence electrons. The number of aryl methyl sites for hydroxylation is 1. The Morgan fingerprint density at radius 2 is 1.67 bits per heavy atom. The number of hydrogen-bond acceptors (Lipinski definition) is 4. The first-order valence-electron chi connectivity index (χ1n) is 6.92. The van der Waals surface area contributed by atoms with Crippen molar-refractivity contribution in [2.24, 2.45) is 0 Å². The summed E-state index contributed by atoms with van der Waals surface area (Å²) in [5.41, 5.74) is 7.40. The number of carbonyl (C=O) groups excluding carboxylic acids is 1. The fourth-order valence-corrected chi connectivity index (χ4v) is 1.83. The van der Waals surface area contributed by atoms with E-state index in [1.165, 1.54) is 0 Å². The van der Waals surface area contributed by atoms with Crippen molar-refractivity contribution in [3.63, 3.8) is 0 Å². The molecule has 0 aromatic heterocycles. The summed E-state index contributed by atoms with van der Waals surface area (Å²) < 4.78 is 10.6. The Hall–Kier alpha value is -2.49. The Labute approximate surface area is 124 Å². The van der Waals surface area contributed by atoms with Gasteiger partial charge in [0, 0.05) is 12.1 Å². The fourth-order valence-electron chi connectivity index (χ4n) is 1.83. The van der Waals surface area contributed by atoms with Crippen LogP contribution in [0, 0.1) is 0 Å². The summed E-state index contributed by atoms with van der Waals surface area (Å²) in [6.45, 7) is 0.618. The molecular weight excluding hydrogens is 266 g/mol. The molecule has 0 amide bonds. The van der Waals surface area contributed by atoms with Crippen LogP contribution in [0.15, 0.2) is 54.6 Å². The third kappa shape index (κ3) is 5.57. The zero-order valence-electron chi connectivity index (χ0n) is 11.8. The van der Waals surface area contributed by atoms with Crippen molar-refractivity contribution < 1.29 is 14.3 Å². The number of anilines is 1. The summed E-state index contributed by atoms with van der Waals surface area (Å²) in [7, 11) is 0. The SMILES string of the molecule is Nc1ccc(CCC(=O)OCCOc2ccccc2)cc1. The minimum atomic E-state index is -0.219. The van der Waals surface area contributed by atoms with Gasteiger partial charge in [0.25, 0.3) is 0 Å². The lowest BCUT2D eigenvalue weighted by Crippen LogP contribution is -2.12. The second-order valence-corrected chi connectivity index (χ2v) is 4.62. The van der Waals surface area contributed by atoms with E-state index in [1.807, 2.05) is 54.6 Å². The summed E-state index contributed by atoms with van der Waals surface area (Å²) in [5.74, 6) is 0.555. The van der Waals surface area contributed by atoms with E-state index in [0.29, 0.717) is 19.4 Å². The van der Waals surface area contributed by atoms with Gasteiger partial charge in [0.15, 0.2) is 0 Å². The van der Waals surface area contributed by atoms with Gasteiger partial charge in [0.05, 0.1) is 0 Å². The van der Waals surface area contributed by atoms with E-state index < -0.39 is 0 Å². The monoisotopic (exact) mass is 285 g/mol. The first-order valence-corrected chi connectivity index (χ1v) is 6.92. The average molecular weight is 285 g/mol. The molecule has 0 spiro atoms. The summed E-state index contributed by atoms with van der Waals surface area (Å²) >= 11 is 0. The maximum atomic E-state index is 11.6. The van der Waals surface area contributed by atoms with Crippen molar-refractivity contribution in [3.8, 4) is 5.75 Å². The van der Waals surface area contributed by atoms with Gasteiger partial charge in [-0.05, 0) is 36.2 Å². The average Bonchev–Trinajstić information content (AvgIpc) is 2.52. The van der Waals surface area contributed by atoms with E-state index in [-0.39, 0.29) is 12.6 Å². The zero-order valence-corrected chi connectivity index (χ0v) is 11.8. The van der Waals surface area contributed by atoms with Gasteiger partial charge < -0.3 is 15.2 Å². The van der Waals surface area contributed by atoms with Gasteiger partial charge in [-0.2, -0.15) is 0 Å². The lowest BCUT2D eigenvalue weighted by Gasteiger charge is -2.07. The highest BCUT2D eigenvalue weighted by Gasteiger charge is 2.04. The molecule has 0 unspecified atom stereocenters. The topological polar surface area (TPSA) is 61.6 Å². The van der Waals surface area contributed by atoms with E-state index in [4.69, 9.17) is 15.2 Å². The molecule has 0 aliphatic heterocycles. The van der Waals surface area contributed by atoms with E-state index in [0.717, 1.165) is 17.0 Å². The minimum Gasteiger partial charge on any atom is -0.490 e. The second kappa shape index (κ2) is 7.94. The van der Waals surface area contributed by atoms with Crippen molar-refractivity contribution in [1.82, 2.24) is 0 Å². The van der Waals surface area contributed by atoms with Crippen LogP contribution in [0.2, 0.25) is 0 Å². The Morgan fingerprint density at radius 3 is 2.38 bits per heavy atom. The molecular formula is C17H19NO3. The third-order valence-electron chi connectivity index (χ3n) is 2.96. The molecule has 0 aliphatic carbocycles. The molecule has 0 radical (unpaired) electrons. The molecule has 0 bridgehead atoms. The van der Waals surface area contributed by atoms with Gasteiger partial charge in [-0.15, -0.1) is 0 Å². The molecule has 2 N–H and O–H groups in total. The second-order valence-electron chi connectivity index (χ2n) is 4.62. The lowest BCUT2D eigenvalue weighted by atomic mass is 10.1. The number of ether oxygens (including phenoxy) is 2. The van der Waals surface area contributed by atoms with Gasteiger partial charge in [0.2, 0.25) is 0 Å². The summed E-state index contributed by atoms with van der Waals surface area (Å²) in [6, 6.07) is 16.9. The molecule has 4 nitrogen and oxygen atoms in total. The molecule has 0 heterocycles. The van der Waals surface area contributed by atoms with Crippen LogP contribution in [0.3, 0.4) is 0 Å². The molecule has 2 rings (SSSR count). The van der Waals surface area contributed by atoms with Crippen molar-refractivity contribution >= 4 is 11.7 Å². The fraction of sp³-hybridized carbons (Fsp3) is 0.235. The molecule has 0 atom stereocenters. The Balaban J connectivity index is 1.60. The summed E-state index contributed by atoms with van der Waals surface area (Å²) in [6.07, 6.45) is 1.01. The van der Waals surface area contributed by atoms with Crippen LogP contribution in [-0.2, 0) is 16.0 Å². The van der Waals surface area contributed by atoms with Crippen molar-refractivity contribution in [3.05, 3.63) is 60.2 Å². The van der Waals surface area contributed by atoms with Crippen molar-refractivity contribution in [2.75, 3.05) is 18.9 Å². The quantitative estimate of drug-likeness (QED) is 0.483.